The molecule has 0 aliphatic carbocycles. The number of likely N-dealkylation sites (tertiary alicyclic amines) is 1. The van der Waals surface area contributed by atoms with Crippen molar-refractivity contribution in [2.45, 2.75) is 44.8 Å². The lowest BCUT2D eigenvalue weighted by Crippen LogP contribution is -2.58. The Morgan fingerprint density at radius 2 is 1.73 bits per heavy atom. The van der Waals surface area contributed by atoms with Crippen molar-refractivity contribution < 1.29 is 9.59 Å². The van der Waals surface area contributed by atoms with Gasteiger partial charge in [-0.25, -0.2) is 9.59 Å². The lowest BCUT2D eigenvalue weighted by molar-refractivity contribution is -0.137. The second kappa shape index (κ2) is 11.2. The van der Waals surface area contributed by atoms with E-state index in [-0.39, 0.29) is 23.8 Å². The first-order valence-corrected chi connectivity index (χ1v) is 12.9. The van der Waals surface area contributed by atoms with Crippen LogP contribution >= 0.6 is 11.6 Å². The Morgan fingerprint density at radius 1 is 1.08 bits per heavy atom. The summed E-state index contributed by atoms with van der Waals surface area (Å²) in [4.78, 5) is 47.3. The van der Waals surface area contributed by atoms with Gasteiger partial charge in [-0.05, 0) is 63.5 Å². The van der Waals surface area contributed by atoms with E-state index in [2.05, 4.69) is 15.2 Å². The molecule has 3 amide bonds. The third-order valence-electron chi connectivity index (χ3n) is 6.78. The number of anilines is 1. The summed E-state index contributed by atoms with van der Waals surface area (Å²) < 4.78 is 1.38. The van der Waals surface area contributed by atoms with E-state index in [4.69, 9.17) is 23.1 Å². The zero-order valence-corrected chi connectivity index (χ0v) is 22.1. The second-order valence-electron chi connectivity index (χ2n) is 10.3. The highest BCUT2D eigenvalue weighted by molar-refractivity contribution is 6.31. The van der Waals surface area contributed by atoms with Crippen molar-refractivity contribution in [1.29, 1.82) is 0 Å². The van der Waals surface area contributed by atoms with Crippen molar-refractivity contribution in [3.05, 3.63) is 51.5 Å². The van der Waals surface area contributed by atoms with Crippen LogP contribution in [0.1, 0.15) is 32.3 Å². The number of aromatic nitrogens is 2. The number of piperidine rings is 1. The molecule has 2 aromatic rings. The number of hydrogen-bond acceptors (Lipinski definition) is 7. The summed E-state index contributed by atoms with van der Waals surface area (Å²) in [7, 11) is 0. The molecule has 3 heterocycles. The van der Waals surface area contributed by atoms with Gasteiger partial charge in [-0.2, -0.15) is 4.98 Å². The number of rotatable bonds is 5. The van der Waals surface area contributed by atoms with Crippen LogP contribution in [0.15, 0.2) is 35.3 Å². The van der Waals surface area contributed by atoms with Gasteiger partial charge in [0.1, 0.15) is 5.82 Å². The highest BCUT2D eigenvalue weighted by Gasteiger charge is 2.31. The van der Waals surface area contributed by atoms with Crippen LogP contribution < -0.4 is 22.5 Å². The summed E-state index contributed by atoms with van der Waals surface area (Å²) in [5.41, 5.74) is 12.0. The predicted molar refractivity (Wildman–Crippen MR) is 143 cm³/mol. The van der Waals surface area contributed by atoms with Crippen molar-refractivity contribution in [3.8, 4) is 5.69 Å². The van der Waals surface area contributed by atoms with E-state index in [0.29, 0.717) is 36.9 Å². The molecule has 1 aromatic carbocycles. The molecule has 1 aromatic heterocycles. The SMILES string of the molecule is CC(C)(N)C(=O)N1CCN(C(=O)Nc2ccn(-c3ccc(CN4CCC(N)CC4)c(Cl)c3)c(=O)n2)CC1. The molecule has 0 spiro atoms. The molecule has 0 bridgehead atoms. The molecule has 200 valence electrons. The highest BCUT2D eigenvalue weighted by Crippen LogP contribution is 2.23. The topological polar surface area (TPSA) is 143 Å². The minimum atomic E-state index is -0.954. The molecule has 12 heteroatoms. The Kier molecular flexibility index (Phi) is 8.17. The number of carbonyl (C=O) groups is 2. The van der Waals surface area contributed by atoms with Crippen molar-refractivity contribution in [2.75, 3.05) is 44.6 Å². The minimum absolute atomic E-state index is 0.151. The van der Waals surface area contributed by atoms with Crippen LogP contribution in [0.5, 0.6) is 0 Å². The van der Waals surface area contributed by atoms with Crippen molar-refractivity contribution in [1.82, 2.24) is 24.3 Å². The Bertz CT molecular complexity index is 1200. The van der Waals surface area contributed by atoms with Crippen molar-refractivity contribution in [2.24, 2.45) is 11.5 Å². The van der Waals surface area contributed by atoms with E-state index in [1.165, 1.54) is 4.57 Å². The van der Waals surface area contributed by atoms with Gasteiger partial charge in [0.15, 0.2) is 0 Å². The van der Waals surface area contributed by atoms with E-state index in [1.54, 1.807) is 42.0 Å². The Balaban J connectivity index is 1.36. The third-order valence-corrected chi connectivity index (χ3v) is 7.14. The lowest BCUT2D eigenvalue weighted by Gasteiger charge is -2.37. The fraction of sp³-hybridized carbons (Fsp3) is 0.520. The monoisotopic (exact) mass is 530 g/mol. The molecule has 0 saturated carbocycles. The first-order valence-electron chi connectivity index (χ1n) is 12.5. The predicted octanol–water partition coefficient (Wildman–Crippen LogP) is 1.22. The summed E-state index contributed by atoms with van der Waals surface area (Å²) in [5.74, 6) is 0.000994. The molecule has 11 nitrogen and oxygen atoms in total. The zero-order chi connectivity index (χ0) is 26.7. The molecular formula is C25H35ClN8O3. The second-order valence-corrected chi connectivity index (χ2v) is 10.7. The molecule has 2 aliphatic rings. The first kappa shape index (κ1) is 27.1. The fourth-order valence-electron chi connectivity index (χ4n) is 4.54. The molecular weight excluding hydrogens is 496 g/mol. The van der Waals surface area contributed by atoms with Gasteiger partial charge in [-0.3, -0.25) is 19.6 Å². The van der Waals surface area contributed by atoms with Crippen molar-refractivity contribution in [3.63, 3.8) is 0 Å². The summed E-state index contributed by atoms with van der Waals surface area (Å²) in [5, 5.41) is 3.24. The third kappa shape index (κ3) is 6.67. The van der Waals surface area contributed by atoms with E-state index < -0.39 is 11.2 Å². The minimum Gasteiger partial charge on any atom is -0.338 e. The number of hydrogen-bond donors (Lipinski definition) is 3. The quantitative estimate of drug-likeness (QED) is 0.527. The Morgan fingerprint density at radius 3 is 2.32 bits per heavy atom. The Labute approximate surface area is 221 Å². The van der Waals surface area contributed by atoms with Crippen LogP contribution in [0.3, 0.4) is 0 Å². The van der Waals surface area contributed by atoms with Gasteiger partial charge in [-0.1, -0.05) is 17.7 Å². The normalized spacial score (nSPS) is 17.6. The van der Waals surface area contributed by atoms with E-state index >= 15 is 0 Å². The molecule has 0 atom stereocenters. The van der Waals surface area contributed by atoms with Crippen LogP contribution in [0.4, 0.5) is 10.6 Å². The standard InChI is InChI=1S/C25H35ClN8O3/c1-25(2,28)22(35)32-11-13-33(14-12-32)23(36)29-21-7-10-34(24(37)30-21)19-4-3-17(20(26)15-19)16-31-8-5-18(27)6-9-31/h3-4,7,10,15,18H,5-6,8-9,11-14,16,27-28H2,1-2H3,(H,29,30,36,37). The van der Waals surface area contributed by atoms with Crippen molar-refractivity contribution >= 4 is 29.4 Å². The largest absolute Gasteiger partial charge is 0.354 e. The summed E-state index contributed by atoms with van der Waals surface area (Å²) in [6.07, 6.45) is 3.51. The summed E-state index contributed by atoms with van der Waals surface area (Å²) >= 11 is 6.54. The molecule has 2 saturated heterocycles. The van der Waals surface area contributed by atoms with E-state index in [0.717, 1.165) is 38.0 Å². The maximum absolute atomic E-state index is 12.7. The van der Waals surface area contributed by atoms with Crippen LogP contribution in [-0.2, 0) is 11.3 Å². The van der Waals surface area contributed by atoms with Gasteiger partial charge >= 0.3 is 11.7 Å². The zero-order valence-electron chi connectivity index (χ0n) is 21.3. The molecule has 37 heavy (non-hydrogen) atoms. The highest BCUT2D eigenvalue weighted by atomic mass is 35.5. The van der Waals surface area contributed by atoms with E-state index in [9.17, 15) is 14.4 Å². The maximum Gasteiger partial charge on any atom is 0.354 e. The average Bonchev–Trinajstić information content (AvgIpc) is 2.86. The average molecular weight is 531 g/mol. The smallest absolute Gasteiger partial charge is 0.338 e. The molecule has 0 radical (unpaired) electrons. The number of nitrogens with zero attached hydrogens (tertiary/aromatic N) is 5. The van der Waals surface area contributed by atoms with Crippen LogP contribution in [-0.4, -0.2) is 87.0 Å². The fourth-order valence-corrected chi connectivity index (χ4v) is 4.78. The van der Waals surface area contributed by atoms with Gasteiger partial charge in [0.25, 0.3) is 0 Å². The number of nitrogens with one attached hydrogen (secondary N) is 1. The van der Waals surface area contributed by atoms with Crippen LogP contribution in [0.2, 0.25) is 5.02 Å². The lowest BCUT2D eigenvalue weighted by atomic mass is 10.1. The number of nitrogens with two attached hydrogens (primary N) is 2. The van der Waals surface area contributed by atoms with Gasteiger partial charge in [-0.15, -0.1) is 0 Å². The number of benzene rings is 1. The summed E-state index contributed by atoms with van der Waals surface area (Å²) in [6, 6.07) is 6.96. The number of amides is 3. The van der Waals surface area contributed by atoms with Gasteiger partial charge in [0, 0.05) is 50.0 Å². The number of urea groups is 1. The summed E-state index contributed by atoms with van der Waals surface area (Å²) in [6.45, 7) is 7.45. The molecule has 2 aliphatic heterocycles. The van der Waals surface area contributed by atoms with Gasteiger partial charge in [0.05, 0.1) is 11.2 Å². The number of carbonyl (C=O) groups excluding carboxylic acids is 2. The molecule has 5 N–H and O–H groups in total. The van der Waals surface area contributed by atoms with E-state index in [1.807, 2.05) is 12.1 Å². The van der Waals surface area contributed by atoms with Crippen LogP contribution in [0.25, 0.3) is 5.69 Å². The maximum atomic E-state index is 12.7. The first-order chi connectivity index (χ1) is 17.5. The molecule has 0 unspecified atom stereocenters. The number of halogens is 1. The van der Waals surface area contributed by atoms with Gasteiger partial charge < -0.3 is 21.3 Å². The Hall–Kier alpha value is -2.99. The van der Waals surface area contributed by atoms with Gasteiger partial charge in [0.2, 0.25) is 5.91 Å². The molecule has 4 rings (SSSR count). The molecule has 2 fully saturated rings. The van der Waals surface area contributed by atoms with Crippen LogP contribution in [0, 0.1) is 0 Å². The number of piperazine rings is 1.